The maximum absolute atomic E-state index is 13.4. The van der Waals surface area contributed by atoms with Crippen molar-refractivity contribution in [1.82, 2.24) is 4.98 Å². The normalized spacial score (nSPS) is 17.3. The van der Waals surface area contributed by atoms with Gasteiger partial charge in [0.2, 0.25) is 0 Å². The van der Waals surface area contributed by atoms with Crippen LogP contribution >= 0.6 is 11.3 Å². The molecule has 0 aliphatic heterocycles. The number of benzene rings is 3. The molecule has 6 rings (SSSR count). The fourth-order valence-electron chi connectivity index (χ4n) is 8.65. The highest BCUT2D eigenvalue weighted by Gasteiger charge is 2.34. The number of fused-ring (bicyclic) bond motifs is 1. The summed E-state index contributed by atoms with van der Waals surface area (Å²) in [5.41, 5.74) is 1.16. The van der Waals surface area contributed by atoms with Gasteiger partial charge in [0.15, 0.2) is 17.0 Å². The van der Waals surface area contributed by atoms with Gasteiger partial charge < -0.3 is 37.9 Å². The van der Waals surface area contributed by atoms with E-state index in [0.717, 1.165) is 69.1 Å². The fourth-order valence-corrected chi connectivity index (χ4v) is 9.59. The number of aldehydes is 1. The standard InChI is InChI=1S/C56H65NO15S/c1-3-49(59)67-34-11-7-5-9-32-65-43-22-26-45(27-23-43)70-54(62)40-15-13-39(14-16-40)53(61)69-36-31-38-21-30-47(51-52(38)73-48(37-58)57-51)72-56(64)42-19-17-41(18-20-42)55(63)71-46-28-24-44(25-29-46)66-33-10-6-8-12-35-68-50(60)4-2/h3-4,21-30,37,39-42H,1-2,5-20,31-36H2. The molecule has 0 bridgehead atoms. The molecule has 3 aromatic carbocycles. The van der Waals surface area contributed by atoms with E-state index in [1.165, 1.54) is 11.3 Å². The lowest BCUT2D eigenvalue weighted by Crippen LogP contribution is -2.30. The number of esters is 6. The van der Waals surface area contributed by atoms with Gasteiger partial charge in [0, 0.05) is 18.6 Å². The minimum atomic E-state index is -0.439. The number of rotatable bonds is 29. The number of carbonyl (C=O) groups is 7. The number of nitrogens with zero attached hydrogens (tertiary/aromatic N) is 1. The van der Waals surface area contributed by atoms with Crippen LogP contribution in [0.1, 0.15) is 118 Å². The lowest BCUT2D eigenvalue weighted by atomic mass is 9.82. The van der Waals surface area contributed by atoms with E-state index in [4.69, 9.17) is 37.9 Å². The Morgan fingerprint density at radius 2 is 0.904 bits per heavy atom. The van der Waals surface area contributed by atoms with Crippen LogP contribution in [0.5, 0.6) is 28.7 Å². The van der Waals surface area contributed by atoms with Crippen molar-refractivity contribution < 1.29 is 71.5 Å². The molecule has 0 unspecified atom stereocenters. The van der Waals surface area contributed by atoms with Crippen molar-refractivity contribution in [1.29, 1.82) is 0 Å². The van der Waals surface area contributed by atoms with Gasteiger partial charge in [0.25, 0.3) is 0 Å². The minimum Gasteiger partial charge on any atom is -0.494 e. The summed E-state index contributed by atoms with van der Waals surface area (Å²) in [7, 11) is 0. The van der Waals surface area contributed by atoms with Gasteiger partial charge in [-0.15, -0.1) is 11.3 Å². The topological polar surface area (TPSA) is 206 Å². The monoisotopic (exact) mass is 1020 g/mol. The van der Waals surface area contributed by atoms with E-state index in [1.54, 1.807) is 60.7 Å². The summed E-state index contributed by atoms with van der Waals surface area (Å²) in [5.74, 6) is -1.38. The second-order valence-electron chi connectivity index (χ2n) is 18.1. The van der Waals surface area contributed by atoms with Crippen molar-refractivity contribution in [2.75, 3.05) is 33.0 Å². The average molecular weight is 1020 g/mol. The van der Waals surface area contributed by atoms with E-state index in [-0.39, 0.29) is 53.0 Å². The van der Waals surface area contributed by atoms with E-state index in [1.807, 2.05) is 0 Å². The molecule has 73 heavy (non-hydrogen) atoms. The molecule has 17 heteroatoms. The number of thiazole rings is 1. The maximum Gasteiger partial charge on any atom is 0.330 e. The van der Waals surface area contributed by atoms with Gasteiger partial charge in [-0.25, -0.2) is 14.6 Å². The van der Waals surface area contributed by atoms with Crippen LogP contribution in [0.2, 0.25) is 0 Å². The second kappa shape index (κ2) is 29.6. The molecule has 0 atom stereocenters. The van der Waals surface area contributed by atoms with Crippen LogP contribution in [-0.2, 0) is 49.4 Å². The molecule has 0 radical (unpaired) electrons. The molecule has 2 saturated carbocycles. The van der Waals surface area contributed by atoms with Crippen LogP contribution in [0.15, 0.2) is 86.0 Å². The Labute approximate surface area is 429 Å². The van der Waals surface area contributed by atoms with Crippen molar-refractivity contribution in [3.05, 3.63) is 96.5 Å². The van der Waals surface area contributed by atoms with Crippen LogP contribution in [0.25, 0.3) is 10.2 Å². The molecule has 1 heterocycles. The maximum atomic E-state index is 13.4. The fraction of sp³-hybridized carbons (Fsp3) is 0.464. The van der Waals surface area contributed by atoms with E-state index in [2.05, 4.69) is 18.1 Å². The number of unbranched alkanes of at least 4 members (excludes halogenated alkanes) is 6. The molecule has 0 N–H and O–H groups in total. The summed E-state index contributed by atoms with van der Waals surface area (Å²) in [6, 6.07) is 17.2. The number of ether oxygens (including phenoxy) is 8. The van der Waals surface area contributed by atoms with Gasteiger partial charge in [0.1, 0.15) is 28.5 Å². The van der Waals surface area contributed by atoms with Gasteiger partial charge in [-0.2, -0.15) is 0 Å². The highest BCUT2D eigenvalue weighted by atomic mass is 32.1. The zero-order chi connectivity index (χ0) is 51.8. The molecule has 0 amide bonds. The zero-order valence-corrected chi connectivity index (χ0v) is 42.1. The Hall–Kier alpha value is -6.88. The summed E-state index contributed by atoms with van der Waals surface area (Å²) in [4.78, 5) is 91.0. The van der Waals surface area contributed by atoms with Crippen LogP contribution in [0, 0.1) is 23.7 Å². The van der Waals surface area contributed by atoms with Crippen molar-refractivity contribution in [2.24, 2.45) is 23.7 Å². The third-order valence-electron chi connectivity index (χ3n) is 12.8. The average Bonchev–Trinajstić information content (AvgIpc) is 3.87. The quantitative estimate of drug-likeness (QED) is 0.0124. The van der Waals surface area contributed by atoms with Gasteiger partial charge in [0.05, 0.1) is 61.4 Å². The van der Waals surface area contributed by atoms with Gasteiger partial charge >= 0.3 is 35.8 Å². The first-order valence-corrected chi connectivity index (χ1v) is 26.1. The number of hydrogen-bond donors (Lipinski definition) is 0. The molecule has 16 nitrogen and oxygen atoms in total. The summed E-state index contributed by atoms with van der Waals surface area (Å²) < 4.78 is 45.1. The Morgan fingerprint density at radius 1 is 0.493 bits per heavy atom. The molecule has 2 fully saturated rings. The first kappa shape index (κ1) is 55.4. The molecular weight excluding hydrogens is 959 g/mol. The lowest BCUT2D eigenvalue weighted by Gasteiger charge is -2.26. The van der Waals surface area contributed by atoms with Crippen molar-refractivity contribution in [3.63, 3.8) is 0 Å². The van der Waals surface area contributed by atoms with Crippen molar-refractivity contribution in [2.45, 2.75) is 109 Å². The lowest BCUT2D eigenvalue weighted by molar-refractivity contribution is -0.152. The van der Waals surface area contributed by atoms with Gasteiger partial charge in [-0.3, -0.25) is 24.0 Å². The molecular formula is C56H65NO15S. The molecule has 1 aromatic heterocycles. The predicted octanol–water partition coefficient (Wildman–Crippen LogP) is 10.3. The number of carbonyl (C=O) groups excluding carboxylic acids is 7. The minimum absolute atomic E-state index is 0.0881. The summed E-state index contributed by atoms with van der Waals surface area (Å²) in [6.07, 6.45) is 14.0. The van der Waals surface area contributed by atoms with Gasteiger partial charge in [-0.1, -0.05) is 19.2 Å². The highest BCUT2D eigenvalue weighted by molar-refractivity contribution is 7.20. The van der Waals surface area contributed by atoms with Crippen molar-refractivity contribution in [3.8, 4) is 28.7 Å². The SMILES string of the molecule is C=CC(=O)OCCCCCCOc1ccc(OC(=O)C2CCC(C(=O)OCCc3ccc(OC(=O)C4CCC(C(=O)Oc5ccc(OCCCCCCOC(=O)C=C)cc5)CC4)c4nc(C=O)sc34)CC2)cc1. The zero-order valence-electron chi connectivity index (χ0n) is 41.3. The highest BCUT2D eigenvalue weighted by Crippen LogP contribution is 2.37. The molecule has 2 aliphatic rings. The number of hydrogen-bond acceptors (Lipinski definition) is 17. The largest absolute Gasteiger partial charge is 0.494 e. The first-order chi connectivity index (χ1) is 35.5. The Balaban J connectivity index is 0.860. The molecule has 4 aromatic rings. The van der Waals surface area contributed by atoms with E-state index in [9.17, 15) is 33.6 Å². The second-order valence-corrected chi connectivity index (χ2v) is 19.1. The van der Waals surface area contributed by atoms with E-state index in [0.29, 0.717) is 124 Å². The van der Waals surface area contributed by atoms with Crippen LogP contribution < -0.4 is 23.7 Å². The van der Waals surface area contributed by atoms with E-state index >= 15 is 0 Å². The third-order valence-corrected chi connectivity index (χ3v) is 13.9. The Bertz CT molecular complexity index is 2480. The Morgan fingerprint density at radius 3 is 1.34 bits per heavy atom. The molecule has 0 spiro atoms. The Kier molecular flexibility index (Phi) is 22.5. The number of aromatic nitrogens is 1. The van der Waals surface area contributed by atoms with Crippen LogP contribution in [0.4, 0.5) is 0 Å². The molecule has 0 saturated heterocycles. The van der Waals surface area contributed by atoms with E-state index < -0.39 is 23.8 Å². The molecule has 390 valence electrons. The van der Waals surface area contributed by atoms with Crippen LogP contribution in [0.3, 0.4) is 0 Å². The van der Waals surface area contributed by atoms with Gasteiger partial charge in [-0.05, 0) is 163 Å². The predicted molar refractivity (Wildman–Crippen MR) is 271 cm³/mol. The summed E-state index contributed by atoms with van der Waals surface area (Å²) >= 11 is 1.17. The third kappa shape index (κ3) is 18.0. The smallest absolute Gasteiger partial charge is 0.330 e. The first-order valence-electron chi connectivity index (χ1n) is 25.3. The summed E-state index contributed by atoms with van der Waals surface area (Å²) in [5, 5.41) is 0.217. The van der Waals surface area contributed by atoms with Crippen LogP contribution in [-0.4, -0.2) is 80.1 Å². The molecule has 2 aliphatic carbocycles. The van der Waals surface area contributed by atoms with Crippen molar-refractivity contribution >= 4 is 63.7 Å². The summed E-state index contributed by atoms with van der Waals surface area (Å²) in [6.45, 7) is 8.66.